The lowest BCUT2D eigenvalue weighted by molar-refractivity contribution is 0.116. The number of rotatable bonds is 4. The maximum absolute atomic E-state index is 14.3. The van der Waals surface area contributed by atoms with Gasteiger partial charge in [-0.05, 0) is 38.1 Å². The van der Waals surface area contributed by atoms with Gasteiger partial charge in [0.05, 0.1) is 21.6 Å². The topological polar surface area (TPSA) is 70.5 Å². The molecule has 1 aromatic heterocycles. The molecule has 146 valence electrons. The van der Waals surface area contributed by atoms with Crippen molar-refractivity contribution in [3.63, 3.8) is 0 Å². The zero-order valence-corrected chi connectivity index (χ0v) is 16.1. The molecule has 0 bridgehead atoms. The van der Waals surface area contributed by atoms with Crippen LogP contribution in [0.5, 0.6) is 11.5 Å². The Hall–Kier alpha value is -2.64. The summed E-state index contributed by atoms with van der Waals surface area (Å²) < 4.78 is 20.5. The smallest absolute Gasteiger partial charge is 0.150 e. The number of likely N-dealkylation sites (tertiary alicyclic amines) is 1. The Bertz CT molecular complexity index is 1000. The minimum Gasteiger partial charge on any atom is -0.506 e. The number of piperidine rings is 1. The number of anilines is 2. The second-order valence-electron chi connectivity index (χ2n) is 6.90. The molecule has 0 unspecified atom stereocenters. The van der Waals surface area contributed by atoms with Crippen LogP contribution in [0.2, 0.25) is 5.02 Å². The summed E-state index contributed by atoms with van der Waals surface area (Å²) in [6.07, 6.45) is 3.38. The molecule has 2 aromatic carbocycles. The molecule has 6 nitrogen and oxygen atoms in total. The highest BCUT2D eigenvalue weighted by molar-refractivity contribution is 6.32. The summed E-state index contributed by atoms with van der Waals surface area (Å²) in [5.74, 6) is 0.112. The van der Waals surface area contributed by atoms with E-state index in [1.54, 1.807) is 0 Å². The number of nitrogens with zero attached hydrogens (tertiary/aromatic N) is 3. The first-order valence-corrected chi connectivity index (χ1v) is 9.43. The number of halogens is 2. The maximum Gasteiger partial charge on any atom is 0.150 e. The first-order chi connectivity index (χ1) is 13.5. The molecule has 3 aromatic rings. The van der Waals surface area contributed by atoms with Gasteiger partial charge in [0.15, 0.2) is 0 Å². The SMILES string of the molecule is CN1CCC(Oc2cccc3ncnc(Nc4cc(Cl)c(O)cc4F)c23)CC1. The van der Waals surface area contributed by atoms with Gasteiger partial charge in [0, 0.05) is 19.2 Å². The van der Waals surface area contributed by atoms with Crippen molar-refractivity contribution in [3.05, 3.63) is 47.5 Å². The number of hydrogen-bond donors (Lipinski definition) is 2. The molecular weight excluding hydrogens is 383 g/mol. The number of ether oxygens (including phenoxy) is 1. The molecule has 0 radical (unpaired) electrons. The predicted molar refractivity (Wildman–Crippen MR) is 107 cm³/mol. The molecule has 1 aliphatic rings. The number of aromatic hydroxyl groups is 1. The minimum absolute atomic E-state index is 0.0464. The summed E-state index contributed by atoms with van der Waals surface area (Å²) in [7, 11) is 2.10. The normalized spacial score (nSPS) is 15.7. The van der Waals surface area contributed by atoms with Crippen LogP contribution in [0.4, 0.5) is 15.9 Å². The maximum atomic E-state index is 14.3. The van der Waals surface area contributed by atoms with Crippen LogP contribution in [0.15, 0.2) is 36.7 Å². The van der Waals surface area contributed by atoms with Gasteiger partial charge in [-0.25, -0.2) is 14.4 Å². The van der Waals surface area contributed by atoms with E-state index >= 15 is 0 Å². The van der Waals surface area contributed by atoms with Crippen molar-refractivity contribution in [2.45, 2.75) is 18.9 Å². The highest BCUT2D eigenvalue weighted by atomic mass is 35.5. The quantitative estimate of drug-likeness (QED) is 0.632. The Balaban J connectivity index is 1.70. The van der Waals surface area contributed by atoms with E-state index in [-0.39, 0.29) is 22.6 Å². The summed E-state index contributed by atoms with van der Waals surface area (Å²) in [6, 6.07) is 7.88. The van der Waals surface area contributed by atoms with Gasteiger partial charge in [0.2, 0.25) is 0 Å². The van der Waals surface area contributed by atoms with Crippen LogP contribution in [0, 0.1) is 5.82 Å². The largest absolute Gasteiger partial charge is 0.506 e. The Labute approximate surface area is 166 Å². The summed E-state index contributed by atoms with van der Waals surface area (Å²) >= 11 is 5.92. The lowest BCUT2D eigenvalue weighted by atomic mass is 10.1. The molecule has 0 amide bonds. The molecule has 1 saturated heterocycles. The van der Waals surface area contributed by atoms with Crippen molar-refractivity contribution in [2.24, 2.45) is 0 Å². The summed E-state index contributed by atoms with van der Waals surface area (Å²) in [4.78, 5) is 10.9. The molecule has 1 aliphatic heterocycles. The molecule has 0 saturated carbocycles. The Morgan fingerprint density at radius 3 is 2.82 bits per heavy atom. The van der Waals surface area contributed by atoms with Crippen molar-refractivity contribution in [1.82, 2.24) is 14.9 Å². The zero-order chi connectivity index (χ0) is 19.7. The van der Waals surface area contributed by atoms with E-state index in [4.69, 9.17) is 16.3 Å². The standard InChI is InChI=1S/C20H20ClFN4O2/c1-26-7-5-12(6-8-26)28-18-4-2-3-15-19(18)20(24-11-23-15)25-16-9-13(21)17(27)10-14(16)22/h2-4,9-12,27H,5-8H2,1H3,(H,23,24,25). The molecule has 28 heavy (non-hydrogen) atoms. The van der Waals surface area contributed by atoms with Crippen LogP contribution < -0.4 is 10.1 Å². The first kappa shape index (κ1) is 18.7. The number of fused-ring (bicyclic) bond motifs is 1. The van der Waals surface area contributed by atoms with E-state index in [1.165, 1.54) is 12.4 Å². The van der Waals surface area contributed by atoms with Crippen molar-refractivity contribution in [2.75, 3.05) is 25.5 Å². The number of benzene rings is 2. The second kappa shape index (κ2) is 7.77. The summed E-state index contributed by atoms with van der Waals surface area (Å²) in [5, 5.41) is 13.2. The third-order valence-electron chi connectivity index (χ3n) is 4.87. The molecule has 1 fully saturated rings. The van der Waals surface area contributed by atoms with Gasteiger partial charge in [0.25, 0.3) is 0 Å². The van der Waals surface area contributed by atoms with E-state index in [0.717, 1.165) is 32.0 Å². The fraction of sp³-hybridized carbons (Fsp3) is 0.300. The fourth-order valence-electron chi connectivity index (χ4n) is 3.31. The van der Waals surface area contributed by atoms with Gasteiger partial charge < -0.3 is 20.1 Å². The van der Waals surface area contributed by atoms with E-state index < -0.39 is 5.82 Å². The third kappa shape index (κ3) is 3.81. The summed E-state index contributed by atoms with van der Waals surface area (Å²) in [6.45, 7) is 1.96. The first-order valence-electron chi connectivity index (χ1n) is 9.05. The van der Waals surface area contributed by atoms with Crippen molar-refractivity contribution >= 4 is 34.0 Å². The minimum atomic E-state index is -0.637. The molecule has 2 N–H and O–H groups in total. The van der Waals surface area contributed by atoms with Crippen molar-refractivity contribution in [3.8, 4) is 11.5 Å². The monoisotopic (exact) mass is 402 g/mol. The number of phenols is 1. The van der Waals surface area contributed by atoms with Crippen LogP contribution in [0.1, 0.15) is 12.8 Å². The third-order valence-corrected chi connectivity index (χ3v) is 5.18. The van der Waals surface area contributed by atoms with Gasteiger partial charge in [-0.2, -0.15) is 0 Å². The average Bonchev–Trinajstić information content (AvgIpc) is 2.68. The van der Waals surface area contributed by atoms with Gasteiger partial charge in [-0.15, -0.1) is 0 Å². The van der Waals surface area contributed by atoms with E-state index in [0.29, 0.717) is 22.5 Å². The lowest BCUT2D eigenvalue weighted by Gasteiger charge is -2.29. The van der Waals surface area contributed by atoms with Crippen LogP contribution in [0.3, 0.4) is 0 Å². The molecule has 0 spiro atoms. The van der Waals surface area contributed by atoms with Crippen molar-refractivity contribution < 1.29 is 14.2 Å². The average molecular weight is 403 g/mol. The number of phenolic OH excluding ortho intramolecular Hbond substituents is 1. The van der Waals surface area contributed by atoms with Crippen LogP contribution in [-0.4, -0.2) is 46.2 Å². The fourth-order valence-corrected chi connectivity index (χ4v) is 3.48. The van der Waals surface area contributed by atoms with Crippen LogP contribution in [-0.2, 0) is 0 Å². The zero-order valence-electron chi connectivity index (χ0n) is 15.3. The molecule has 0 atom stereocenters. The Morgan fingerprint density at radius 2 is 2.04 bits per heavy atom. The molecule has 8 heteroatoms. The highest BCUT2D eigenvalue weighted by Crippen LogP contribution is 2.35. The van der Waals surface area contributed by atoms with Crippen molar-refractivity contribution in [1.29, 1.82) is 0 Å². The van der Waals surface area contributed by atoms with Gasteiger partial charge in [0.1, 0.15) is 35.6 Å². The van der Waals surface area contributed by atoms with E-state index in [2.05, 4.69) is 27.2 Å². The Morgan fingerprint density at radius 1 is 1.25 bits per heavy atom. The lowest BCUT2D eigenvalue weighted by Crippen LogP contribution is -2.35. The molecule has 4 rings (SSSR count). The van der Waals surface area contributed by atoms with Crippen LogP contribution >= 0.6 is 11.6 Å². The van der Waals surface area contributed by atoms with E-state index in [9.17, 15) is 9.50 Å². The van der Waals surface area contributed by atoms with Gasteiger partial charge in [-0.3, -0.25) is 0 Å². The van der Waals surface area contributed by atoms with Gasteiger partial charge >= 0.3 is 0 Å². The molecule has 2 heterocycles. The number of hydrogen-bond acceptors (Lipinski definition) is 6. The Kier molecular flexibility index (Phi) is 5.19. The predicted octanol–water partition coefficient (Wildman–Crippen LogP) is 4.34. The molecular formula is C20H20ClFN4O2. The van der Waals surface area contributed by atoms with Crippen LogP contribution in [0.25, 0.3) is 10.9 Å². The number of nitrogens with one attached hydrogen (secondary N) is 1. The van der Waals surface area contributed by atoms with E-state index in [1.807, 2.05) is 18.2 Å². The second-order valence-corrected chi connectivity index (χ2v) is 7.31. The van der Waals surface area contributed by atoms with Gasteiger partial charge in [-0.1, -0.05) is 17.7 Å². The summed E-state index contributed by atoms with van der Waals surface area (Å²) in [5.41, 5.74) is 0.796. The number of aromatic nitrogens is 2. The highest BCUT2D eigenvalue weighted by Gasteiger charge is 2.20. The molecule has 0 aliphatic carbocycles.